The second kappa shape index (κ2) is 12.1. The van der Waals surface area contributed by atoms with Gasteiger partial charge >= 0.3 is 0 Å². The minimum Gasteiger partial charge on any atom is -0.493 e. The van der Waals surface area contributed by atoms with Gasteiger partial charge in [-0.05, 0) is 87.1 Å². The summed E-state index contributed by atoms with van der Waals surface area (Å²) >= 11 is 0. The molecule has 5 heteroatoms. The summed E-state index contributed by atoms with van der Waals surface area (Å²) in [7, 11) is 0. The van der Waals surface area contributed by atoms with Crippen molar-refractivity contribution < 1.29 is 9.53 Å². The maximum absolute atomic E-state index is 13.1. The fourth-order valence-electron chi connectivity index (χ4n) is 4.92. The van der Waals surface area contributed by atoms with Crippen molar-refractivity contribution in [3.8, 4) is 5.75 Å². The predicted molar refractivity (Wildman–Crippen MR) is 141 cm³/mol. The van der Waals surface area contributed by atoms with Gasteiger partial charge < -0.3 is 19.9 Å². The van der Waals surface area contributed by atoms with Crippen LogP contribution < -0.4 is 10.1 Å². The van der Waals surface area contributed by atoms with Gasteiger partial charge in [-0.15, -0.1) is 0 Å². The van der Waals surface area contributed by atoms with Crippen molar-refractivity contribution in [1.82, 2.24) is 9.88 Å². The maximum atomic E-state index is 13.1. The molecule has 1 aliphatic heterocycles. The highest BCUT2D eigenvalue weighted by atomic mass is 16.5. The summed E-state index contributed by atoms with van der Waals surface area (Å²) in [6.45, 7) is 8.62. The number of ether oxygens (including phenoxy) is 1. The standard InChI is InChI=1S/C29H39N3O2/c1-3-5-9-19-34-28-11-8-7-10-24(28)29(33)31-23-12-13-27-25(20-23)26(21-30-27)22-14-17-32(18-15-22)16-6-4-2/h7-8,10-13,20-22,30H,3-6,9,14-19H2,1-2H3,(H,31,33). The molecule has 1 saturated heterocycles. The summed E-state index contributed by atoms with van der Waals surface area (Å²) < 4.78 is 5.92. The molecule has 1 aliphatic rings. The number of piperidine rings is 1. The molecule has 0 atom stereocenters. The number of carbonyl (C=O) groups excluding carboxylic acids is 1. The van der Waals surface area contributed by atoms with Gasteiger partial charge in [0.15, 0.2) is 0 Å². The van der Waals surface area contributed by atoms with E-state index in [9.17, 15) is 4.79 Å². The van der Waals surface area contributed by atoms with Crippen molar-refractivity contribution in [1.29, 1.82) is 0 Å². The van der Waals surface area contributed by atoms with E-state index < -0.39 is 0 Å². The van der Waals surface area contributed by atoms with Crippen molar-refractivity contribution in [2.75, 3.05) is 31.6 Å². The van der Waals surface area contributed by atoms with Crippen LogP contribution in [0.3, 0.4) is 0 Å². The van der Waals surface area contributed by atoms with Crippen LogP contribution >= 0.6 is 0 Å². The number of H-pyrrole nitrogens is 1. The van der Waals surface area contributed by atoms with Crippen molar-refractivity contribution in [3.63, 3.8) is 0 Å². The third kappa shape index (κ3) is 6.01. The number of aromatic nitrogens is 1. The number of likely N-dealkylation sites (tertiary alicyclic amines) is 1. The SMILES string of the molecule is CCCCCOc1ccccc1C(=O)Nc1ccc2[nH]cc(C3CCN(CCCC)CC3)c2c1. The molecule has 34 heavy (non-hydrogen) atoms. The van der Waals surface area contributed by atoms with E-state index in [2.05, 4.69) is 47.4 Å². The molecule has 0 bridgehead atoms. The second-order valence-electron chi connectivity index (χ2n) is 9.48. The molecule has 1 amide bonds. The van der Waals surface area contributed by atoms with Crippen molar-refractivity contribution >= 4 is 22.5 Å². The van der Waals surface area contributed by atoms with Gasteiger partial charge in [0.25, 0.3) is 5.91 Å². The van der Waals surface area contributed by atoms with Crippen LogP contribution in [-0.4, -0.2) is 42.0 Å². The number of carbonyl (C=O) groups is 1. The number of hydrogen-bond donors (Lipinski definition) is 2. The monoisotopic (exact) mass is 461 g/mol. The fraction of sp³-hybridized carbons (Fsp3) is 0.483. The highest BCUT2D eigenvalue weighted by molar-refractivity contribution is 6.07. The molecule has 1 fully saturated rings. The number of amides is 1. The predicted octanol–water partition coefficient (Wildman–Crippen LogP) is 6.97. The molecule has 2 heterocycles. The smallest absolute Gasteiger partial charge is 0.259 e. The Morgan fingerprint density at radius 1 is 1.06 bits per heavy atom. The van der Waals surface area contributed by atoms with Gasteiger partial charge in [-0.1, -0.05) is 45.2 Å². The van der Waals surface area contributed by atoms with Gasteiger partial charge in [-0.3, -0.25) is 4.79 Å². The van der Waals surface area contributed by atoms with Crippen LogP contribution in [0.2, 0.25) is 0 Å². The van der Waals surface area contributed by atoms with Gasteiger partial charge in [0, 0.05) is 22.8 Å². The Balaban J connectivity index is 1.44. The van der Waals surface area contributed by atoms with Gasteiger partial charge in [0.2, 0.25) is 0 Å². The molecule has 0 aliphatic carbocycles. The van der Waals surface area contributed by atoms with Crippen LogP contribution in [0.15, 0.2) is 48.7 Å². The molecule has 0 spiro atoms. The lowest BCUT2D eigenvalue weighted by Crippen LogP contribution is -2.33. The number of anilines is 1. The quantitative estimate of drug-likeness (QED) is 0.303. The van der Waals surface area contributed by atoms with Crippen LogP contribution in [0.25, 0.3) is 10.9 Å². The van der Waals surface area contributed by atoms with E-state index in [1.807, 2.05) is 30.3 Å². The summed E-state index contributed by atoms with van der Waals surface area (Å²) in [6, 6.07) is 13.7. The Kier molecular flexibility index (Phi) is 8.64. The number of rotatable bonds is 11. The second-order valence-corrected chi connectivity index (χ2v) is 9.48. The third-order valence-corrected chi connectivity index (χ3v) is 6.96. The summed E-state index contributed by atoms with van der Waals surface area (Å²) in [4.78, 5) is 19.1. The van der Waals surface area contributed by atoms with E-state index in [0.717, 1.165) is 30.5 Å². The largest absolute Gasteiger partial charge is 0.493 e. The number of fused-ring (bicyclic) bond motifs is 1. The number of nitrogens with zero attached hydrogens (tertiary/aromatic N) is 1. The molecule has 0 saturated carbocycles. The number of aromatic amines is 1. The molecular weight excluding hydrogens is 422 g/mol. The first kappa shape index (κ1) is 24.3. The zero-order chi connectivity index (χ0) is 23.8. The highest BCUT2D eigenvalue weighted by Gasteiger charge is 2.23. The van der Waals surface area contributed by atoms with Gasteiger partial charge in [0.05, 0.1) is 12.2 Å². The number of para-hydroxylation sites is 1. The molecular formula is C29H39N3O2. The van der Waals surface area contributed by atoms with Gasteiger partial charge in [-0.25, -0.2) is 0 Å². The normalized spacial score (nSPS) is 15.0. The van der Waals surface area contributed by atoms with E-state index in [-0.39, 0.29) is 5.91 Å². The number of unbranched alkanes of at least 4 members (excludes halogenated alkanes) is 3. The van der Waals surface area contributed by atoms with Crippen LogP contribution in [0.1, 0.15) is 80.6 Å². The Labute approximate surface area is 203 Å². The highest BCUT2D eigenvalue weighted by Crippen LogP contribution is 2.34. The third-order valence-electron chi connectivity index (χ3n) is 6.96. The minimum absolute atomic E-state index is 0.133. The lowest BCUT2D eigenvalue weighted by atomic mass is 9.89. The zero-order valence-corrected chi connectivity index (χ0v) is 20.7. The summed E-state index contributed by atoms with van der Waals surface area (Å²) in [6.07, 6.45) is 10.4. The Morgan fingerprint density at radius 2 is 1.85 bits per heavy atom. The molecule has 3 aromatic rings. The molecule has 1 aromatic heterocycles. The van der Waals surface area contributed by atoms with E-state index in [1.165, 1.54) is 56.3 Å². The first-order chi connectivity index (χ1) is 16.7. The first-order valence-corrected chi connectivity index (χ1v) is 13.1. The molecule has 2 aromatic carbocycles. The van der Waals surface area contributed by atoms with Crippen molar-refractivity contribution in [3.05, 3.63) is 59.8 Å². The number of benzene rings is 2. The molecule has 5 nitrogen and oxygen atoms in total. The maximum Gasteiger partial charge on any atom is 0.259 e. The number of nitrogens with one attached hydrogen (secondary N) is 2. The zero-order valence-electron chi connectivity index (χ0n) is 20.7. The molecule has 0 radical (unpaired) electrons. The summed E-state index contributed by atoms with van der Waals surface area (Å²) in [5.41, 5.74) is 3.90. The first-order valence-electron chi connectivity index (χ1n) is 13.1. The van der Waals surface area contributed by atoms with E-state index in [1.54, 1.807) is 0 Å². The molecule has 182 valence electrons. The molecule has 4 rings (SSSR count). The topological polar surface area (TPSA) is 57.4 Å². The van der Waals surface area contributed by atoms with Crippen LogP contribution in [0, 0.1) is 0 Å². The summed E-state index contributed by atoms with van der Waals surface area (Å²) in [5, 5.41) is 4.32. The van der Waals surface area contributed by atoms with Crippen LogP contribution in [0.5, 0.6) is 5.75 Å². The van der Waals surface area contributed by atoms with E-state index in [0.29, 0.717) is 23.8 Å². The molecule has 0 unspecified atom stereocenters. The van der Waals surface area contributed by atoms with Crippen LogP contribution in [0.4, 0.5) is 5.69 Å². The Bertz CT molecular complexity index is 1070. The minimum atomic E-state index is -0.133. The van der Waals surface area contributed by atoms with Gasteiger partial charge in [0.1, 0.15) is 5.75 Å². The van der Waals surface area contributed by atoms with E-state index >= 15 is 0 Å². The van der Waals surface area contributed by atoms with Gasteiger partial charge in [-0.2, -0.15) is 0 Å². The Morgan fingerprint density at radius 3 is 2.65 bits per heavy atom. The summed E-state index contributed by atoms with van der Waals surface area (Å²) in [5.74, 6) is 1.08. The average molecular weight is 462 g/mol. The fourth-order valence-corrected chi connectivity index (χ4v) is 4.92. The Hall–Kier alpha value is -2.79. The van der Waals surface area contributed by atoms with Crippen molar-refractivity contribution in [2.24, 2.45) is 0 Å². The lowest BCUT2D eigenvalue weighted by Gasteiger charge is -2.31. The molecule has 2 N–H and O–H groups in total. The van der Waals surface area contributed by atoms with E-state index in [4.69, 9.17) is 4.74 Å². The van der Waals surface area contributed by atoms with Crippen LogP contribution in [-0.2, 0) is 0 Å². The average Bonchev–Trinajstić information content (AvgIpc) is 3.29. The van der Waals surface area contributed by atoms with Crippen molar-refractivity contribution in [2.45, 2.75) is 64.7 Å². The number of hydrogen-bond acceptors (Lipinski definition) is 3. The lowest BCUT2D eigenvalue weighted by molar-refractivity contribution is 0.102.